The molecule has 0 aromatic heterocycles. The van der Waals surface area contributed by atoms with Crippen LogP contribution in [0.5, 0.6) is 0 Å². The van der Waals surface area contributed by atoms with Gasteiger partial charge in [0.15, 0.2) is 0 Å². The zero-order valence-corrected chi connectivity index (χ0v) is 6.45. The van der Waals surface area contributed by atoms with Gasteiger partial charge in [0.25, 0.3) is 6.43 Å². The molecule has 1 fully saturated rings. The first-order valence-electron chi connectivity index (χ1n) is 3.97. The van der Waals surface area contributed by atoms with Crippen molar-refractivity contribution in [1.82, 2.24) is 0 Å². The van der Waals surface area contributed by atoms with Crippen molar-refractivity contribution in [2.45, 2.75) is 38.5 Å². The largest absolute Gasteiger partial charge is 0.254 e. The summed E-state index contributed by atoms with van der Waals surface area (Å²) in [6, 6.07) is 0. The van der Waals surface area contributed by atoms with Gasteiger partial charge in [0.05, 0.1) is 5.41 Å². The minimum Gasteiger partial charge on any atom is -0.209 e. The van der Waals surface area contributed by atoms with E-state index in [1.807, 2.05) is 0 Å². The second kappa shape index (κ2) is 3.21. The van der Waals surface area contributed by atoms with E-state index in [1.54, 1.807) is 0 Å². The van der Waals surface area contributed by atoms with Gasteiger partial charge in [-0.3, -0.25) is 0 Å². The second-order valence-corrected chi connectivity index (χ2v) is 3.16. The van der Waals surface area contributed by atoms with Crippen LogP contribution in [-0.2, 0) is 0 Å². The lowest BCUT2D eigenvalue weighted by molar-refractivity contribution is 0.0104. The van der Waals surface area contributed by atoms with Crippen molar-refractivity contribution < 1.29 is 8.78 Å². The van der Waals surface area contributed by atoms with Gasteiger partial charge in [-0.05, 0) is 12.8 Å². The average molecular weight is 158 g/mol. The Labute approximate surface area is 66.0 Å². The van der Waals surface area contributed by atoms with Gasteiger partial charge in [-0.25, -0.2) is 8.78 Å². The van der Waals surface area contributed by atoms with Crippen LogP contribution in [0.15, 0.2) is 0 Å². The Bertz CT molecular complexity index is 161. The highest BCUT2D eigenvalue weighted by atomic mass is 19.3. The predicted octanol–water partition coefficient (Wildman–Crippen LogP) is 2.84. The highest BCUT2D eigenvalue weighted by Crippen LogP contribution is 2.40. The molecule has 1 aliphatic carbocycles. The van der Waals surface area contributed by atoms with Crippen molar-refractivity contribution in [3.05, 3.63) is 0 Å². The second-order valence-electron chi connectivity index (χ2n) is 3.16. The van der Waals surface area contributed by atoms with E-state index >= 15 is 0 Å². The molecule has 0 N–H and O–H groups in total. The highest BCUT2D eigenvalue weighted by molar-refractivity contribution is 5.08. The molecular weight excluding hydrogens is 146 g/mol. The van der Waals surface area contributed by atoms with Gasteiger partial charge in [0.1, 0.15) is 0 Å². The third kappa shape index (κ3) is 1.53. The van der Waals surface area contributed by atoms with Gasteiger partial charge >= 0.3 is 0 Å². The van der Waals surface area contributed by atoms with Crippen LogP contribution in [-0.4, -0.2) is 6.43 Å². The fraction of sp³-hybridized carbons (Fsp3) is 0.778. The molecule has 0 nitrogen and oxygen atoms in total. The minimum absolute atomic E-state index is 0.501. The first kappa shape index (κ1) is 8.52. The normalized spacial score (nSPS) is 23.1. The van der Waals surface area contributed by atoms with E-state index < -0.39 is 11.8 Å². The molecule has 0 bridgehead atoms. The first-order valence-corrected chi connectivity index (χ1v) is 3.97. The van der Waals surface area contributed by atoms with Crippen molar-refractivity contribution >= 4 is 0 Å². The molecule has 2 heteroatoms. The van der Waals surface area contributed by atoms with E-state index in [4.69, 9.17) is 6.42 Å². The number of hydrogen-bond donors (Lipinski definition) is 0. The smallest absolute Gasteiger partial charge is 0.209 e. The molecule has 0 aromatic carbocycles. The highest BCUT2D eigenvalue weighted by Gasteiger charge is 2.38. The monoisotopic (exact) mass is 158 g/mol. The fourth-order valence-corrected chi connectivity index (χ4v) is 1.61. The van der Waals surface area contributed by atoms with Crippen LogP contribution in [0.2, 0.25) is 0 Å². The van der Waals surface area contributed by atoms with Crippen molar-refractivity contribution in [3.63, 3.8) is 0 Å². The third-order valence-electron chi connectivity index (χ3n) is 2.45. The molecule has 0 aromatic rings. The maximum absolute atomic E-state index is 12.4. The van der Waals surface area contributed by atoms with Crippen LogP contribution in [0, 0.1) is 17.8 Å². The Morgan fingerprint density at radius 3 is 2.00 bits per heavy atom. The zero-order chi connectivity index (χ0) is 8.32. The van der Waals surface area contributed by atoms with Crippen molar-refractivity contribution in [1.29, 1.82) is 0 Å². The summed E-state index contributed by atoms with van der Waals surface area (Å²) in [6.07, 6.45) is 6.53. The summed E-state index contributed by atoms with van der Waals surface area (Å²) < 4.78 is 24.9. The molecule has 62 valence electrons. The van der Waals surface area contributed by atoms with E-state index in [2.05, 4.69) is 5.92 Å². The predicted molar refractivity (Wildman–Crippen MR) is 40.4 cm³/mol. The SMILES string of the molecule is C#CC1(C(F)F)CCCCC1. The lowest BCUT2D eigenvalue weighted by atomic mass is 9.75. The standard InChI is InChI=1S/C9H12F2/c1-2-9(8(10)11)6-4-3-5-7-9/h1,8H,3-7H2. The fourth-order valence-electron chi connectivity index (χ4n) is 1.61. The van der Waals surface area contributed by atoms with Gasteiger partial charge in [0.2, 0.25) is 0 Å². The number of rotatable bonds is 1. The van der Waals surface area contributed by atoms with Gasteiger partial charge in [-0.2, -0.15) is 0 Å². The average Bonchev–Trinajstić information content (AvgIpc) is 2.05. The van der Waals surface area contributed by atoms with E-state index in [-0.39, 0.29) is 0 Å². The third-order valence-corrected chi connectivity index (χ3v) is 2.45. The van der Waals surface area contributed by atoms with E-state index in [0.29, 0.717) is 12.8 Å². The summed E-state index contributed by atoms with van der Waals surface area (Å²) in [5.74, 6) is 2.27. The lowest BCUT2D eigenvalue weighted by Gasteiger charge is -2.31. The Hall–Kier alpha value is -0.580. The molecule has 0 amide bonds. The molecule has 0 unspecified atom stereocenters. The minimum atomic E-state index is -2.34. The summed E-state index contributed by atoms with van der Waals surface area (Å²) in [5, 5.41) is 0. The Kier molecular flexibility index (Phi) is 2.49. The van der Waals surface area contributed by atoms with Crippen LogP contribution in [0.1, 0.15) is 32.1 Å². The molecule has 0 heterocycles. The van der Waals surface area contributed by atoms with Crippen LogP contribution < -0.4 is 0 Å². The Morgan fingerprint density at radius 1 is 1.18 bits per heavy atom. The number of hydrogen-bond acceptors (Lipinski definition) is 0. The Balaban J connectivity index is 2.67. The Morgan fingerprint density at radius 2 is 1.73 bits per heavy atom. The summed E-state index contributed by atoms with van der Waals surface area (Å²) in [7, 11) is 0. The molecule has 0 radical (unpaired) electrons. The summed E-state index contributed by atoms with van der Waals surface area (Å²) in [6.45, 7) is 0. The molecule has 1 rings (SSSR count). The molecule has 11 heavy (non-hydrogen) atoms. The van der Waals surface area contributed by atoms with E-state index in [1.165, 1.54) is 0 Å². The van der Waals surface area contributed by atoms with Gasteiger partial charge in [0, 0.05) is 0 Å². The van der Waals surface area contributed by atoms with Crippen LogP contribution in [0.25, 0.3) is 0 Å². The van der Waals surface area contributed by atoms with E-state index in [9.17, 15) is 8.78 Å². The zero-order valence-electron chi connectivity index (χ0n) is 6.45. The van der Waals surface area contributed by atoms with Crippen LogP contribution in [0.4, 0.5) is 8.78 Å². The maximum Gasteiger partial charge on any atom is 0.254 e. The summed E-state index contributed by atoms with van der Waals surface area (Å²) in [5.41, 5.74) is -1.09. The molecule has 0 atom stereocenters. The quantitative estimate of drug-likeness (QED) is 0.515. The molecule has 1 saturated carbocycles. The molecule has 0 spiro atoms. The van der Waals surface area contributed by atoms with Crippen LogP contribution in [0.3, 0.4) is 0 Å². The van der Waals surface area contributed by atoms with Crippen LogP contribution >= 0.6 is 0 Å². The molecule has 0 saturated heterocycles. The summed E-state index contributed by atoms with van der Waals surface area (Å²) >= 11 is 0. The van der Waals surface area contributed by atoms with Crippen molar-refractivity contribution in [2.75, 3.05) is 0 Å². The number of alkyl halides is 2. The summed E-state index contributed by atoms with van der Waals surface area (Å²) in [4.78, 5) is 0. The molecule has 0 aliphatic heterocycles. The molecule has 1 aliphatic rings. The van der Waals surface area contributed by atoms with Crippen molar-refractivity contribution in [2.24, 2.45) is 5.41 Å². The van der Waals surface area contributed by atoms with E-state index in [0.717, 1.165) is 19.3 Å². The first-order chi connectivity index (χ1) is 5.21. The number of terminal acetylenes is 1. The molecular formula is C9H12F2. The lowest BCUT2D eigenvalue weighted by Crippen LogP contribution is -2.30. The van der Waals surface area contributed by atoms with Gasteiger partial charge < -0.3 is 0 Å². The number of halogens is 2. The topological polar surface area (TPSA) is 0 Å². The van der Waals surface area contributed by atoms with Crippen molar-refractivity contribution in [3.8, 4) is 12.3 Å². The van der Waals surface area contributed by atoms with Gasteiger partial charge in [-0.15, -0.1) is 6.42 Å². The van der Waals surface area contributed by atoms with Gasteiger partial charge in [-0.1, -0.05) is 25.2 Å². The maximum atomic E-state index is 12.4.